The highest BCUT2D eigenvalue weighted by atomic mass is 16.5. The van der Waals surface area contributed by atoms with Gasteiger partial charge in [-0.25, -0.2) is 4.98 Å². The molecule has 3 aromatic rings. The first-order valence-corrected chi connectivity index (χ1v) is 11.7. The summed E-state index contributed by atoms with van der Waals surface area (Å²) in [6.07, 6.45) is 3.96. The molecule has 0 atom stereocenters. The second kappa shape index (κ2) is 9.25. The lowest BCUT2D eigenvalue weighted by Gasteiger charge is -2.24. The quantitative estimate of drug-likeness (QED) is 0.549. The van der Waals surface area contributed by atoms with Gasteiger partial charge in [-0.15, -0.1) is 0 Å². The Morgan fingerprint density at radius 1 is 1.14 bits per heavy atom. The van der Waals surface area contributed by atoms with Crippen molar-refractivity contribution in [3.63, 3.8) is 0 Å². The van der Waals surface area contributed by atoms with Gasteiger partial charge in [-0.1, -0.05) is 0 Å². The van der Waals surface area contributed by atoms with Crippen molar-refractivity contribution in [2.24, 2.45) is 5.92 Å². The van der Waals surface area contributed by atoms with E-state index in [9.17, 15) is 9.59 Å². The Hall–Kier alpha value is -4.14. The molecule has 2 amide bonds. The highest BCUT2D eigenvalue weighted by molar-refractivity contribution is 5.98. The molecular weight excluding hydrogens is 444 g/mol. The molecule has 2 N–H and O–H groups in total. The van der Waals surface area contributed by atoms with Crippen molar-refractivity contribution in [2.45, 2.75) is 26.2 Å². The molecule has 0 unspecified atom stereocenters. The molecule has 5 rings (SSSR count). The Morgan fingerprint density at radius 3 is 2.60 bits per heavy atom. The van der Waals surface area contributed by atoms with Gasteiger partial charge in [0.25, 0.3) is 0 Å². The summed E-state index contributed by atoms with van der Waals surface area (Å²) in [5.41, 5.74) is 4.11. The number of nitrogens with one attached hydrogen (secondary N) is 2. The number of benzene rings is 2. The Bertz CT molecular complexity index is 1270. The summed E-state index contributed by atoms with van der Waals surface area (Å²) in [5.74, 6) is 2.06. The fourth-order valence-electron chi connectivity index (χ4n) is 4.08. The van der Waals surface area contributed by atoms with Crippen LogP contribution < -0.4 is 25.2 Å². The third kappa shape index (κ3) is 4.75. The molecule has 0 radical (unpaired) electrons. The van der Waals surface area contributed by atoms with Crippen LogP contribution in [0.2, 0.25) is 0 Å². The average Bonchev–Trinajstić information content (AvgIpc) is 3.72. The monoisotopic (exact) mass is 472 g/mol. The van der Waals surface area contributed by atoms with Gasteiger partial charge < -0.3 is 25.2 Å². The van der Waals surface area contributed by atoms with Crippen molar-refractivity contribution < 1.29 is 14.3 Å². The number of hydrogen-bond donors (Lipinski definition) is 2. The zero-order chi connectivity index (χ0) is 24.5. The molecule has 35 heavy (non-hydrogen) atoms. The van der Waals surface area contributed by atoms with Crippen LogP contribution in [0.5, 0.6) is 5.75 Å². The number of carbonyl (C=O) groups excluding carboxylic acids is 2. The standard InChI is InChI=1S/C26H28N6O3/c1-16-14-18(6-11-21(16)29-25(34)17-4-5-17)28-26-27-15-22-24(30-26)32(13-12-23(33)31(22)2)19-7-9-20(35-3)10-8-19/h6-11,14-15,17H,4-5,12-13H2,1-3H3,(H,29,34)(H,27,28,30). The number of hydrogen-bond acceptors (Lipinski definition) is 7. The van der Waals surface area contributed by atoms with Crippen LogP contribution in [0.15, 0.2) is 48.7 Å². The zero-order valence-electron chi connectivity index (χ0n) is 20.0. The van der Waals surface area contributed by atoms with Crippen LogP contribution in [0, 0.1) is 12.8 Å². The molecule has 9 heteroatoms. The molecule has 0 saturated heterocycles. The summed E-state index contributed by atoms with van der Waals surface area (Å²) >= 11 is 0. The normalized spacial score (nSPS) is 15.3. The number of rotatable bonds is 6. The second-order valence-electron chi connectivity index (χ2n) is 8.87. The number of ether oxygens (including phenoxy) is 1. The molecule has 180 valence electrons. The van der Waals surface area contributed by atoms with Crippen LogP contribution in [0.3, 0.4) is 0 Å². The Balaban J connectivity index is 1.43. The fourth-order valence-corrected chi connectivity index (χ4v) is 4.08. The van der Waals surface area contributed by atoms with E-state index in [0.29, 0.717) is 30.4 Å². The lowest BCUT2D eigenvalue weighted by molar-refractivity contribution is -0.118. The van der Waals surface area contributed by atoms with E-state index >= 15 is 0 Å². The molecule has 9 nitrogen and oxygen atoms in total. The Labute approximate surface area is 204 Å². The third-order valence-corrected chi connectivity index (χ3v) is 6.36. The van der Waals surface area contributed by atoms with Gasteiger partial charge in [0.1, 0.15) is 11.4 Å². The molecule has 2 heterocycles. The molecule has 0 bridgehead atoms. The van der Waals surface area contributed by atoms with Gasteiger partial charge in [0.2, 0.25) is 17.8 Å². The Morgan fingerprint density at radius 2 is 1.91 bits per heavy atom. The van der Waals surface area contributed by atoms with Crippen LogP contribution in [-0.2, 0) is 9.59 Å². The molecule has 2 aromatic carbocycles. The summed E-state index contributed by atoms with van der Waals surface area (Å²) in [4.78, 5) is 37.6. The first kappa shape index (κ1) is 22.6. The lowest BCUT2D eigenvalue weighted by Crippen LogP contribution is -2.25. The predicted octanol–water partition coefficient (Wildman–Crippen LogP) is 4.39. The lowest BCUT2D eigenvalue weighted by atomic mass is 10.1. The zero-order valence-corrected chi connectivity index (χ0v) is 20.0. The Kier molecular flexibility index (Phi) is 5.98. The van der Waals surface area contributed by atoms with Crippen molar-refractivity contribution in [3.05, 3.63) is 54.2 Å². The molecular formula is C26H28N6O3. The van der Waals surface area contributed by atoms with E-state index < -0.39 is 0 Å². The largest absolute Gasteiger partial charge is 0.497 e. The molecule has 1 saturated carbocycles. The summed E-state index contributed by atoms with van der Waals surface area (Å²) in [6.45, 7) is 2.45. The first-order valence-electron chi connectivity index (χ1n) is 11.7. The molecule has 1 fully saturated rings. The second-order valence-corrected chi connectivity index (χ2v) is 8.87. The summed E-state index contributed by atoms with van der Waals surface area (Å²) in [7, 11) is 3.37. The maximum Gasteiger partial charge on any atom is 0.229 e. The number of aromatic nitrogens is 2. The molecule has 0 spiro atoms. The topological polar surface area (TPSA) is 99.7 Å². The maximum absolute atomic E-state index is 12.6. The van der Waals surface area contributed by atoms with E-state index in [1.165, 1.54) is 0 Å². The highest BCUT2D eigenvalue weighted by Gasteiger charge is 2.30. The third-order valence-electron chi connectivity index (χ3n) is 6.36. The number of nitrogens with zero attached hydrogens (tertiary/aromatic N) is 4. The number of fused-ring (bicyclic) bond motifs is 1. The van der Waals surface area contributed by atoms with Crippen molar-refractivity contribution in [1.29, 1.82) is 0 Å². The van der Waals surface area contributed by atoms with Crippen LogP contribution >= 0.6 is 0 Å². The van der Waals surface area contributed by atoms with Gasteiger partial charge in [0, 0.05) is 43.0 Å². The van der Waals surface area contributed by atoms with Crippen LogP contribution in [0.4, 0.5) is 34.5 Å². The van der Waals surface area contributed by atoms with Gasteiger partial charge in [0.15, 0.2) is 5.82 Å². The van der Waals surface area contributed by atoms with Gasteiger partial charge in [0.05, 0.1) is 13.3 Å². The SMILES string of the molecule is COc1ccc(N2CCC(=O)N(C)c3cnc(Nc4ccc(NC(=O)C5CC5)c(C)c4)nc32)cc1. The number of carbonyl (C=O) groups is 2. The number of aryl methyl sites for hydroxylation is 1. The van der Waals surface area contributed by atoms with Crippen LogP contribution in [-0.4, -0.2) is 42.5 Å². The summed E-state index contributed by atoms with van der Waals surface area (Å²) < 4.78 is 5.28. The van der Waals surface area contributed by atoms with E-state index in [4.69, 9.17) is 9.72 Å². The van der Waals surface area contributed by atoms with Gasteiger partial charge in [-0.05, 0) is 67.8 Å². The smallest absolute Gasteiger partial charge is 0.229 e. The van der Waals surface area contributed by atoms with Crippen molar-refractivity contribution in [1.82, 2.24) is 9.97 Å². The van der Waals surface area contributed by atoms with E-state index in [0.717, 1.165) is 41.2 Å². The minimum absolute atomic E-state index is 0.00558. The van der Waals surface area contributed by atoms with Crippen LogP contribution in [0.25, 0.3) is 0 Å². The minimum atomic E-state index is 0.00558. The van der Waals surface area contributed by atoms with Gasteiger partial charge in [-0.2, -0.15) is 4.98 Å². The molecule has 1 aliphatic heterocycles. The number of anilines is 6. The average molecular weight is 473 g/mol. The molecule has 1 aliphatic carbocycles. The predicted molar refractivity (Wildman–Crippen MR) is 136 cm³/mol. The van der Waals surface area contributed by atoms with Gasteiger partial charge >= 0.3 is 0 Å². The first-order chi connectivity index (χ1) is 16.9. The van der Waals surface area contributed by atoms with E-state index in [-0.39, 0.29) is 17.7 Å². The maximum atomic E-state index is 12.6. The highest BCUT2D eigenvalue weighted by Crippen LogP contribution is 2.36. The summed E-state index contributed by atoms with van der Waals surface area (Å²) in [6, 6.07) is 13.4. The van der Waals surface area contributed by atoms with E-state index in [1.54, 1.807) is 25.3 Å². The molecule has 2 aliphatic rings. The van der Waals surface area contributed by atoms with Crippen molar-refractivity contribution in [2.75, 3.05) is 41.1 Å². The number of methoxy groups -OCH3 is 1. The summed E-state index contributed by atoms with van der Waals surface area (Å²) in [5, 5.41) is 6.26. The number of amides is 2. The molecule has 1 aromatic heterocycles. The fraction of sp³-hybridized carbons (Fsp3) is 0.308. The van der Waals surface area contributed by atoms with Crippen LogP contribution in [0.1, 0.15) is 24.8 Å². The minimum Gasteiger partial charge on any atom is -0.497 e. The van der Waals surface area contributed by atoms with E-state index in [1.807, 2.05) is 54.3 Å². The van der Waals surface area contributed by atoms with E-state index in [2.05, 4.69) is 15.6 Å². The van der Waals surface area contributed by atoms with Crippen molar-refractivity contribution >= 4 is 46.3 Å². The van der Waals surface area contributed by atoms with Crippen molar-refractivity contribution in [3.8, 4) is 5.75 Å². The van der Waals surface area contributed by atoms with Gasteiger partial charge in [-0.3, -0.25) is 9.59 Å².